The van der Waals surface area contributed by atoms with E-state index < -0.39 is 41.8 Å². The number of benzene rings is 1. The molecule has 0 saturated carbocycles. The molecule has 0 saturated heterocycles. The van der Waals surface area contributed by atoms with Crippen LogP contribution in [0.3, 0.4) is 0 Å². The van der Waals surface area contributed by atoms with Crippen LogP contribution in [0.5, 0.6) is 0 Å². The molecule has 1 aromatic heterocycles. The van der Waals surface area contributed by atoms with Crippen LogP contribution in [0, 0.1) is 0 Å². The van der Waals surface area contributed by atoms with Gasteiger partial charge >= 0.3 is 12.1 Å². The second kappa shape index (κ2) is 8.72. The van der Waals surface area contributed by atoms with Crippen LogP contribution in [0.1, 0.15) is 29.8 Å². The number of anilines is 1. The first-order valence-corrected chi connectivity index (χ1v) is 8.37. The highest BCUT2D eigenvalue weighted by Gasteiger charge is 2.31. The van der Waals surface area contributed by atoms with Gasteiger partial charge in [-0.25, -0.2) is 0 Å². The fourth-order valence-corrected chi connectivity index (χ4v) is 2.38. The molecule has 2 rings (SSSR count). The van der Waals surface area contributed by atoms with Crippen molar-refractivity contribution in [3.8, 4) is 0 Å². The van der Waals surface area contributed by atoms with Gasteiger partial charge in [-0.2, -0.15) is 13.2 Å². The third-order valence-electron chi connectivity index (χ3n) is 3.85. The molecule has 1 aromatic carbocycles. The Morgan fingerprint density at radius 2 is 1.79 bits per heavy atom. The van der Waals surface area contributed by atoms with E-state index in [1.54, 1.807) is 12.1 Å². The maximum atomic E-state index is 12.7. The summed E-state index contributed by atoms with van der Waals surface area (Å²) < 4.78 is 43.7. The number of ketones is 1. The van der Waals surface area contributed by atoms with Crippen LogP contribution >= 0.6 is 0 Å². The summed E-state index contributed by atoms with van der Waals surface area (Å²) in [6.45, 7) is 1.77. The molecule has 10 heteroatoms. The molecule has 1 heterocycles. The van der Waals surface area contributed by atoms with E-state index in [1.165, 1.54) is 26.0 Å². The van der Waals surface area contributed by atoms with Crippen LogP contribution in [0.4, 0.5) is 18.9 Å². The molecule has 1 amide bonds. The molecule has 0 spiro atoms. The maximum Gasteiger partial charge on any atom is 0.417 e. The van der Waals surface area contributed by atoms with Gasteiger partial charge in [0.2, 0.25) is 0 Å². The Bertz CT molecular complexity index is 998. The molecular weight excluding hydrogens is 393 g/mol. The van der Waals surface area contributed by atoms with Crippen LogP contribution in [0.2, 0.25) is 0 Å². The topological polar surface area (TPSA) is 94.5 Å². The van der Waals surface area contributed by atoms with Crippen LogP contribution < -0.4 is 10.9 Å². The Kier molecular flexibility index (Phi) is 6.57. The fraction of sp³-hybridized carbons (Fsp3) is 0.263. The lowest BCUT2D eigenvalue weighted by atomic mass is 10.1. The number of rotatable bonds is 6. The monoisotopic (exact) mass is 410 g/mol. The largest absolute Gasteiger partial charge is 0.451 e. The van der Waals surface area contributed by atoms with Crippen molar-refractivity contribution < 1.29 is 32.3 Å². The molecule has 0 aliphatic rings. The number of alkyl halides is 3. The van der Waals surface area contributed by atoms with Gasteiger partial charge in [0, 0.05) is 17.8 Å². The van der Waals surface area contributed by atoms with Gasteiger partial charge in [-0.05, 0) is 32.0 Å². The molecule has 1 N–H and O–H groups in total. The molecule has 0 aliphatic carbocycles. The van der Waals surface area contributed by atoms with Gasteiger partial charge in [0.1, 0.15) is 6.54 Å². The molecule has 1 atom stereocenters. The van der Waals surface area contributed by atoms with Crippen molar-refractivity contribution >= 4 is 23.3 Å². The number of para-hydroxylation sites is 1. The first-order valence-electron chi connectivity index (χ1n) is 8.37. The van der Waals surface area contributed by atoms with E-state index in [4.69, 9.17) is 4.74 Å². The number of hydrogen-bond acceptors (Lipinski definition) is 5. The molecule has 0 radical (unpaired) electrons. The number of halogens is 3. The number of hydrogen-bond donors (Lipinski definition) is 1. The van der Waals surface area contributed by atoms with Crippen LogP contribution in [-0.2, 0) is 27.0 Å². The predicted octanol–water partition coefficient (Wildman–Crippen LogP) is 2.64. The minimum Gasteiger partial charge on any atom is -0.451 e. The smallest absolute Gasteiger partial charge is 0.417 e. The summed E-state index contributed by atoms with van der Waals surface area (Å²) in [6, 6.07) is 7.50. The number of nitrogens with one attached hydrogen (secondary N) is 1. The molecule has 0 aliphatic heterocycles. The van der Waals surface area contributed by atoms with Crippen molar-refractivity contribution in [1.29, 1.82) is 0 Å². The van der Waals surface area contributed by atoms with E-state index >= 15 is 0 Å². The number of esters is 1. The molecule has 1 unspecified atom stereocenters. The molecule has 0 bridgehead atoms. The number of carbonyl (C=O) groups excluding carboxylic acids is 3. The molecular formula is C19H17F3N2O5. The lowest BCUT2D eigenvalue weighted by Crippen LogP contribution is -2.33. The first kappa shape index (κ1) is 21.9. The van der Waals surface area contributed by atoms with Crippen molar-refractivity contribution in [2.75, 3.05) is 5.32 Å². The quantitative estimate of drug-likeness (QED) is 0.584. The zero-order chi connectivity index (χ0) is 21.8. The number of Topliss-reactive ketones (excluding diaryl/α,β-unsaturated/α-hetero) is 1. The highest BCUT2D eigenvalue weighted by molar-refractivity contribution is 6.04. The average molecular weight is 410 g/mol. The van der Waals surface area contributed by atoms with Gasteiger partial charge in [0.05, 0.1) is 11.3 Å². The highest BCUT2D eigenvalue weighted by Crippen LogP contribution is 2.28. The molecule has 29 heavy (non-hydrogen) atoms. The SMILES string of the molecule is CC(=O)c1ccccc1NC(=O)C(C)OC(=O)Cn1cc(C(F)(F)F)ccc1=O. The van der Waals surface area contributed by atoms with Crippen molar-refractivity contribution in [3.05, 3.63) is 64.1 Å². The van der Waals surface area contributed by atoms with E-state index in [2.05, 4.69) is 5.32 Å². The van der Waals surface area contributed by atoms with E-state index in [1.807, 2.05) is 0 Å². The van der Waals surface area contributed by atoms with Gasteiger partial charge < -0.3 is 14.6 Å². The Morgan fingerprint density at radius 1 is 1.14 bits per heavy atom. The standard InChI is InChI=1S/C19H17F3N2O5/c1-11(25)14-5-3-4-6-15(14)23-18(28)12(2)29-17(27)10-24-9-13(19(20,21)22)7-8-16(24)26/h3-9,12H,10H2,1-2H3,(H,23,28). The number of nitrogens with zero attached hydrogens (tertiary/aromatic N) is 1. The Balaban J connectivity index is 2.05. The minimum atomic E-state index is -4.68. The Labute approximate surface area is 163 Å². The van der Waals surface area contributed by atoms with Crippen LogP contribution in [0.15, 0.2) is 47.4 Å². The minimum absolute atomic E-state index is 0.224. The van der Waals surface area contributed by atoms with Crippen molar-refractivity contribution in [2.45, 2.75) is 32.7 Å². The summed E-state index contributed by atoms with van der Waals surface area (Å²) >= 11 is 0. The van der Waals surface area contributed by atoms with Crippen molar-refractivity contribution in [1.82, 2.24) is 4.57 Å². The number of amides is 1. The Hall–Kier alpha value is -3.43. The second-order valence-electron chi connectivity index (χ2n) is 6.10. The van der Waals surface area contributed by atoms with Gasteiger partial charge in [-0.1, -0.05) is 12.1 Å². The summed E-state index contributed by atoms with van der Waals surface area (Å²) in [5, 5.41) is 2.45. The number of pyridine rings is 1. The molecule has 154 valence electrons. The zero-order valence-electron chi connectivity index (χ0n) is 15.4. The van der Waals surface area contributed by atoms with Crippen LogP contribution in [-0.4, -0.2) is 28.3 Å². The summed E-state index contributed by atoms with van der Waals surface area (Å²) in [5.41, 5.74) is -1.45. The predicted molar refractivity (Wildman–Crippen MR) is 96.3 cm³/mol. The van der Waals surface area contributed by atoms with E-state index in [0.717, 1.165) is 0 Å². The van der Waals surface area contributed by atoms with Crippen molar-refractivity contribution in [3.63, 3.8) is 0 Å². The lowest BCUT2D eigenvalue weighted by molar-refractivity contribution is -0.154. The summed E-state index contributed by atoms with van der Waals surface area (Å²) in [7, 11) is 0. The highest BCUT2D eigenvalue weighted by atomic mass is 19.4. The number of ether oxygens (including phenoxy) is 1. The number of aromatic nitrogens is 1. The van der Waals surface area contributed by atoms with E-state index in [9.17, 15) is 32.3 Å². The Morgan fingerprint density at radius 3 is 2.41 bits per heavy atom. The molecule has 0 fully saturated rings. The second-order valence-corrected chi connectivity index (χ2v) is 6.10. The maximum absolute atomic E-state index is 12.7. The van der Waals surface area contributed by atoms with E-state index in [-0.39, 0.29) is 17.0 Å². The van der Waals surface area contributed by atoms with Crippen LogP contribution in [0.25, 0.3) is 0 Å². The number of carbonyl (C=O) groups is 3. The summed E-state index contributed by atoms with van der Waals surface area (Å²) in [6.07, 6.45) is -5.50. The first-order chi connectivity index (χ1) is 13.5. The zero-order valence-corrected chi connectivity index (χ0v) is 15.4. The van der Waals surface area contributed by atoms with E-state index in [0.29, 0.717) is 22.9 Å². The summed E-state index contributed by atoms with van der Waals surface area (Å²) in [5.74, 6) is -2.10. The average Bonchev–Trinajstić information content (AvgIpc) is 2.62. The molecule has 7 nitrogen and oxygen atoms in total. The van der Waals surface area contributed by atoms with Gasteiger partial charge in [-0.3, -0.25) is 19.2 Å². The lowest BCUT2D eigenvalue weighted by Gasteiger charge is -2.16. The van der Waals surface area contributed by atoms with Crippen molar-refractivity contribution in [2.24, 2.45) is 0 Å². The third-order valence-corrected chi connectivity index (χ3v) is 3.85. The van der Waals surface area contributed by atoms with Gasteiger partial charge in [-0.15, -0.1) is 0 Å². The normalized spacial score (nSPS) is 12.2. The molecule has 2 aromatic rings. The fourth-order valence-electron chi connectivity index (χ4n) is 2.38. The summed E-state index contributed by atoms with van der Waals surface area (Å²) in [4.78, 5) is 47.4. The van der Waals surface area contributed by atoms with Gasteiger partial charge in [0.15, 0.2) is 11.9 Å². The van der Waals surface area contributed by atoms with Gasteiger partial charge in [0.25, 0.3) is 11.5 Å². The third kappa shape index (κ3) is 5.77.